The highest BCUT2D eigenvalue weighted by atomic mass is 15.2. The van der Waals surface area contributed by atoms with Gasteiger partial charge in [0.2, 0.25) is 0 Å². The van der Waals surface area contributed by atoms with Gasteiger partial charge in [-0.25, -0.2) is 9.97 Å². The van der Waals surface area contributed by atoms with E-state index in [0.717, 1.165) is 124 Å². The van der Waals surface area contributed by atoms with E-state index < -0.39 is 0 Å². The first-order valence-electron chi connectivity index (χ1n) is 36.0. The van der Waals surface area contributed by atoms with E-state index in [-0.39, 0.29) is 0 Å². The zero-order valence-electron chi connectivity index (χ0n) is 57.7. The fraction of sp³-hybridized carbons (Fsp3) is 0. The smallest absolute Gasteiger partial charge is 0.160 e. The van der Waals surface area contributed by atoms with Crippen LogP contribution >= 0.6 is 0 Å². The van der Waals surface area contributed by atoms with E-state index in [0.29, 0.717) is 5.82 Å². The van der Waals surface area contributed by atoms with E-state index in [9.17, 15) is 0 Å². The van der Waals surface area contributed by atoms with E-state index in [2.05, 4.69) is 429 Å². The van der Waals surface area contributed by atoms with Gasteiger partial charge in [-0.15, -0.1) is 0 Å². The van der Waals surface area contributed by atoms with Crippen molar-refractivity contribution in [3.8, 4) is 50.8 Å². The van der Waals surface area contributed by atoms with Crippen molar-refractivity contribution < 1.29 is 0 Å². The molecule has 0 saturated heterocycles. The van der Waals surface area contributed by atoms with Gasteiger partial charge in [-0.1, -0.05) is 194 Å². The van der Waals surface area contributed by atoms with Crippen LogP contribution in [-0.2, 0) is 0 Å². The maximum Gasteiger partial charge on any atom is 0.160 e. The topological polar surface area (TPSA) is 50.3 Å². The average molecular weight is 1360 g/mol. The summed E-state index contributed by atoms with van der Waals surface area (Å²) in [6.45, 7) is 0. The molecular weight excluding hydrogens is 1290 g/mol. The summed E-state index contributed by atoms with van der Waals surface area (Å²) in [5.74, 6) is 0.634. The highest BCUT2D eigenvalue weighted by molar-refractivity contribution is 6.13. The Kier molecular flexibility index (Phi) is 15.0. The second-order valence-electron chi connectivity index (χ2n) is 26.9. The lowest BCUT2D eigenvalue weighted by Gasteiger charge is -2.26. The summed E-state index contributed by atoms with van der Waals surface area (Å²) in [5, 5.41) is 8.11. The van der Waals surface area contributed by atoms with Gasteiger partial charge in [0.05, 0.1) is 44.3 Å². The average Bonchev–Trinajstić information content (AvgIpc) is 1.57. The lowest BCUT2D eigenvalue weighted by Crippen LogP contribution is -2.10. The van der Waals surface area contributed by atoms with Crippen molar-refractivity contribution in [3.63, 3.8) is 0 Å². The first kappa shape index (κ1) is 61.5. The number of para-hydroxylation sites is 9. The molecule has 4 aromatic heterocycles. The highest BCUT2D eigenvalue weighted by Gasteiger charge is 2.24. The molecule has 8 nitrogen and oxygen atoms in total. The summed E-state index contributed by atoms with van der Waals surface area (Å²) in [6, 6.07) is 144. The molecule has 0 atom stereocenters. The van der Waals surface area contributed by atoms with Crippen LogP contribution < -0.4 is 14.7 Å². The van der Waals surface area contributed by atoms with E-state index in [1.165, 1.54) is 48.9 Å². The first-order valence-corrected chi connectivity index (χ1v) is 36.0. The number of nitrogens with zero attached hydrogens (tertiary/aromatic N) is 8. The van der Waals surface area contributed by atoms with Crippen LogP contribution in [0.15, 0.2) is 400 Å². The van der Waals surface area contributed by atoms with Crippen molar-refractivity contribution in [2.24, 2.45) is 0 Å². The summed E-state index contributed by atoms with van der Waals surface area (Å²) < 4.78 is 7.10. The molecule has 16 aromatic carbocycles. The van der Waals surface area contributed by atoms with Crippen LogP contribution in [0.2, 0.25) is 0 Å². The Morgan fingerprint density at radius 2 is 0.462 bits per heavy atom. The fourth-order valence-electron chi connectivity index (χ4n) is 15.9. The summed E-state index contributed by atoms with van der Waals surface area (Å²) in [6.07, 6.45) is 0. The largest absolute Gasteiger partial charge is 0.310 e. The molecule has 0 saturated carbocycles. The predicted molar refractivity (Wildman–Crippen MR) is 443 cm³/mol. The molecule has 4 heterocycles. The van der Waals surface area contributed by atoms with Crippen LogP contribution in [-0.4, -0.2) is 23.7 Å². The van der Waals surface area contributed by atoms with Crippen molar-refractivity contribution in [1.29, 1.82) is 0 Å². The molecule has 498 valence electrons. The van der Waals surface area contributed by atoms with Gasteiger partial charge < -0.3 is 28.4 Å². The van der Waals surface area contributed by atoms with E-state index in [4.69, 9.17) is 9.97 Å². The van der Waals surface area contributed by atoms with Gasteiger partial charge in [-0.3, -0.25) is 0 Å². The molecule has 0 aliphatic carbocycles. The van der Waals surface area contributed by atoms with Crippen molar-refractivity contribution >= 4 is 128 Å². The Morgan fingerprint density at radius 1 is 0.179 bits per heavy atom. The van der Waals surface area contributed by atoms with Crippen molar-refractivity contribution in [2.45, 2.75) is 0 Å². The summed E-state index contributed by atoms with van der Waals surface area (Å²) in [4.78, 5) is 18.2. The number of hydrogen-bond donors (Lipinski definition) is 0. The van der Waals surface area contributed by atoms with Gasteiger partial charge >= 0.3 is 0 Å². The molecule has 0 N–H and O–H groups in total. The molecule has 0 fully saturated rings. The molecule has 0 amide bonds. The number of rotatable bonds is 15. The molecular formula is C98H66N8. The molecule has 0 unspecified atom stereocenters. The van der Waals surface area contributed by atoms with E-state index in [1.54, 1.807) is 0 Å². The maximum atomic E-state index is 5.65. The maximum absolute atomic E-state index is 5.65. The van der Waals surface area contributed by atoms with Crippen LogP contribution in [0.3, 0.4) is 0 Å². The van der Waals surface area contributed by atoms with Crippen LogP contribution in [0.4, 0.5) is 51.2 Å². The summed E-state index contributed by atoms with van der Waals surface area (Å²) in [7, 11) is 0. The van der Waals surface area contributed by atoms with Crippen LogP contribution in [0, 0.1) is 0 Å². The van der Waals surface area contributed by atoms with Gasteiger partial charge in [0.15, 0.2) is 5.82 Å². The second-order valence-corrected chi connectivity index (χ2v) is 26.9. The molecule has 0 bridgehead atoms. The zero-order chi connectivity index (χ0) is 70.0. The van der Waals surface area contributed by atoms with Gasteiger partial charge in [-0.05, 0) is 217 Å². The third-order valence-corrected chi connectivity index (χ3v) is 20.8. The molecule has 0 aliphatic rings. The normalized spacial score (nSPS) is 11.6. The Balaban J connectivity index is 0.699. The summed E-state index contributed by atoms with van der Waals surface area (Å²) in [5.41, 5.74) is 25.5. The number of anilines is 9. The van der Waals surface area contributed by atoms with Crippen molar-refractivity contribution in [2.75, 3.05) is 14.7 Å². The predicted octanol–water partition coefficient (Wildman–Crippen LogP) is 26.3. The van der Waals surface area contributed by atoms with Crippen LogP contribution in [0.25, 0.3) is 127 Å². The Labute approximate surface area is 613 Å². The molecule has 0 spiro atoms. The summed E-state index contributed by atoms with van der Waals surface area (Å²) >= 11 is 0. The minimum atomic E-state index is 0.634. The van der Waals surface area contributed by atoms with Gasteiger partial charge in [-0.2, -0.15) is 0 Å². The molecule has 0 radical (unpaired) electrons. The van der Waals surface area contributed by atoms with Crippen molar-refractivity contribution in [1.82, 2.24) is 23.7 Å². The fourth-order valence-corrected chi connectivity index (χ4v) is 15.9. The third-order valence-electron chi connectivity index (χ3n) is 20.8. The Bertz CT molecular complexity index is 6660. The monoisotopic (exact) mass is 1350 g/mol. The lowest BCUT2D eigenvalue weighted by molar-refractivity contribution is 1.18. The van der Waals surface area contributed by atoms with E-state index >= 15 is 0 Å². The zero-order valence-corrected chi connectivity index (χ0v) is 57.7. The first-order chi connectivity index (χ1) is 52.6. The van der Waals surface area contributed by atoms with Crippen LogP contribution in [0.5, 0.6) is 0 Å². The second kappa shape index (κ2) is 25.9. The minimum absolute atomic E-state index is 0.634. The number of hydrogen-bond acceptors (Lipinski definition) is 5. The van der Waals surface area contributed by atoms with E-state index in [1.807, 2.05) is 0 Å². The van der Waals surface area contributed by atoms with Crippen LogP contribution in [0.1, 0.15) is 0 Å². The third kappa shape index (κ3) is 10.7. The molecule has 0 aliphatic heterocycles. The standard InChI is InChI=1S/C98H66N8/c1-7-25-71(26-8-1)101(80-56-60-94-86(64-80)83-37-19-22-40-91(83)104(94)74-31-13-4-14-32-74)77-50-43-67(44-51-77)70-49-59-90-89(63-70)97(68-45-52-78(53-46-68)102(72-27-9-2-10-28-72)81-57-61-95-87(65-81)84-38-20-23-41-92(84)105(95)75-33-15-5-16-34-75)100-98(99-90)69-47-54-79(55-48-69)103(73-29-11-3-12-30-73)82-58-62-96-88(66-82)85-39-21-24-42-93(85)106(96)76-35-17-6-18-36-76/h1-66H. The highest BCUT2D eigenvalue weighted by Crippen LogP contribution is 2.46. The Hall–Kier alpha value is -14.3. The Morgan fingerprint density at radius 3 is 0.830 bits per heavy atom. The molecule has 106 heavy (non-hydrogen) atoms. The molecule has 8 heteroatoms. The number of fused-ring (bicyclic) bond motifs is 10. The SMILES string of the molecule is c1ccc(N(c2ccc(-c3ccc4nc(-c5ccc(N(c6ccccc6)c6ccc7c(c6)c6ccccc6n7-c6ccccc6)cc5)nc(-c5ccc(N(c6ccccc6)c6ccc7c(c6)c6ccccc6n7-c6ccccc6)cc5)c4c3)cc2)c2ccc3c(c2)c2ccccc2n3-c2ccccc2)cc1. The molecule has 20 aromatic rings. The van der Waals surface area contributed by atoms with Gasteiger partial charge in [0.25, 0.3) is 0 Å². The number of benzene rings is 16. The minimum Gasteiger partial charge on any atom is -0.310 e. The van der Waals surface area contributed by atoms with Crippen molar-refractivity contribution in [3.05, 3.63) is 400 Å². The quantitative estimate of drug-likeness (QED) is 0.102. The molecule has 20 rings (SSSR count). The lowest BCUT2D eigenvalue weighted by atomic mass is 9.99. The van der Waals surface area contributed by atoms with Gasteiger partial charge in [0, 0.05) is 117 Å². The van der Waals surface area contributed by atoms with Gasteiger partial charge in [0.1, 0.15) is 0 Å². The number of aromatic nitrogens is 5.